The number of aromatic amines is 1. The zero-order valence-electron chi connectivity index (χ0n) is 17.7. The number of anilines is 1. The third-order valence-electron chi connectivity index (χ3n) is 4.64. The number of para-hydroxylation sites is 1. The third kappa shape index (κ3) is 5.68. The smallest absolute Gasteiger partial charge is 0.406 e. The monoisotopic (exact) mass is 469 g/mol. The lowest BCUT2D eigenvalue weighted by molar-refractivity contribution is -0.274. The number of fused-ring (bicyclic) bond motifs is 1. The van der Waals surface area contributed by atoms with Gasteiger partial charge in [0, 0.05) is 24.4 Å². The summed E-state index contributed by atoms with van der Waals surface area (Å²) < 4.78 is 41.2. The summed E-state index contributed by atoms with van der Waals surface area (Å²) in [6.45, 7) is 1.21. The summed E-state index contributed by atoms with van der Waals surface area (Å²) in [5.41, 5.74) is 2.21. The minimum atomic E-state index is -4.82. The molecular formula is C23H18F3N5O3. The normalized spacial score (nSPS) is 11.3. The van der Waals surface area contributed by atoms with Crippen LogP contribution in [0.25, 0.3) is 22.3 Å². The summed E-state index contributed by atoms with van der Waals surface area (Å²) in [6.07, 6.45) is -4.82. The first-order valence-electron chi connectivity index (χ1n) is 10.0. The maximum Gasteiger partial charge on any atom is 0.573 e. The molecule has 4 aromatic rings. The Balaban J connectivity index is 1.58. The van der Waals surface area contributed by atoms with E-state index in [1.165, 1.54) is 25.1 Å². The Morgan fingerprint density at radius 1 is 1.03 bits per heavy atom. The van der Waals surface area contributed by atoms with Gasteiger partial charge in [0.15, 0.2) is 0 Å². The number of hydrogen-bond donors (Lipinski definition) is 3. The van der Waals surface area contributed by atoms with E-state index in [1.807, 2.05) is 30.3 Å². The van der Waals surface area contributed by atoms with E-state index >= 15 is 0 Å². The maximum atomic E-state index is 12.8. The van der Waals surface area contributed by atoms with Crippen molar-refractivity contribution in [1.29, 1.82) is 0 Å². The van der Waals surface area contributed by atoms with Crippen molar-refractivity contribution in [2.75, 3.05) is 5.32 Å². The van der Waals surface area contributed by atoms with Gasteiger partial charge < -0.3 is 15.0 Å². The minimum absolute atomic E-state index is 0.0323. The van der Waals surface area contributed by atoms with E-state index in [0.717, 1.165) is 17.0 Å². The predicted octanol–water partition coefficient (Wildman–Crippen LogP) is 4.41. The van der Waals surface area contributed by atoms with Crippen LogP contribution in [0.1, 0.15) is 23.0 Å². The number of rotatable bonds is 6. The molecule has 11 heteroatoms. The van der Waals surface area contributed by atoms with Gasteiger partial charge in [-0.2, -0.15) is 0 Å². The van der Waals surface area contributed by atoms with Crippen LogP contribution in [0.15, 0.2) is 60.7 Å². The van der Waals surface area contributed by atoms with E-state index in [1.54, 1.807) is 6.07 Å². The first-order valence-corrected chi connectivity index (χ1v) is 10.0. The first-order chi connectivity index (χ1) is 16.2. The molecule has 174 valence electrons. The highest BCUT2D eigenvalue weighted by Crippen LogP contribution is 2.25. The number of ether oxygens (including phenoxy) is 1. The second-order valence-corrected chi connectivity index (χ2v) is 7.29. The Morgan fingerprint density at radius 2 is 1.82 bits per heavy atom. The number of hydrogen-bond acceptors (Lipinski definition) is 5. The Kier molecular flexibility index (Phi) is 6.17. The van der Waals surface area contributed by atoms with Gasteiger partial charge in [-0.05, 0) is 35.9 Å². The summed E-state index contributed by atoms with van der Waals surface area (Å²) >= 11 is 0. The van der Waals surface area contributed by atoms with Crippen molar-refractivity contribution in [1.82, 2.24) is 20.3 Å². The van der Waals surface area contributed by atoms with Crippen LogP contribution in [0, 0.1) is 0 Å². The van der Waals surface area contributed by atoms with Crippen molar-refractivity contribution in [3.63, 3.8) is 0 Å². The molecular weight excluding hydrogens is 451 g/mol. The van der Waals surface area contributed by atoms with Crippen LogP contribution >= 0.6 is 0 Å². The van der Waals surface area contributed by atoms with Crippen LogP contribution < -0.4 is 15.4 Å². The lowest BCUT2D eigenvalue weighted by atomic mass is 10.2. The summed E-state index contributed by atoms with van der Waals surface area (Å²) in [7, 11) is 0. The zero-order valence-corrected chi connectivity index (χ0v) is 17.7. The number of nitrogens with one attached hydrogen (secondary N) is 3. The third-order valence-corrected chi connectivity index (χ3v) is 4.64. The molecule has 0 spiro atoms. The van der Waals surface area contributed by atoms with Crippen LogP contribution in [0.4, 0.5) is 19.1 Å². The van der Waals surface area contributed by atoms with E-state index in [0.29, 0.717) is 17.0 Å². The number of halogens is 3. The van der Waals surface area contributed by atoms with Gasteiger partial charge in [0.1, 0.15) is 11.4 Å². The topological polar surface area (TPSA) is 109 Å². The Bertz CT molecular complexity index is 1330. The number of benzene rings is 2. The number of H-pyrrole nitrogens is 1. The van der Waals surface area contributed by atoms with Crippen LogP contribution in [0.2, 0.25) is 0 Å². The van der Waals surface area contributed by atoms with Gasteiger partial charge in [-0.1, -0.05) is 30.3 Å². The molecule has 4 rings (SSSR count). The summed E-state index contributed by atoms with van der Waals surface area (Å²) in [5, 5.41) is 6.01. The van der Waals surface area contributed by atoms with Crippen LogP contribution in [0.5, 0.6) is 5.75 Å². The van der Waals surface area contributed by atoms with Gasteiger partial charge >= 0.3 is 6.36 Å². The molecule has 0 aliphatic rings. The highest BCUT2D eigenvalue weighted by Gasteiger charge is 2.31. The fourth-order valence-electron chi connectivity index (χ4n) is 3.25. The molecule has 2 amide bonds. The second kappa shape index (κ2) is 9.22. The number of aromatic nitrogens is 3. The Labute approximate surface area is 191 Å². The first kappa shape index (κ1) is 22.8. The van der Waals surface area contributed by atoms with Gasteiger partial charge in [-0.3, -0.25) is 14.9 Å². The Morgan fingerprint density at radius 3 is 2.56 bits per heavy atom. The molecule has 0 unspecified atom stereocenters. The fraction of sp³-hybridized carbons (Fsp3) is 0.130. The number of carbonyl (C=O) groups excluding carboxylic acids is 2. The molecule has 2 aromatic carbocycles. The van der Waals surface area contributed by atoms with Crippen molar-refractivity contribution >= 4 is 28.7 Å². The standard InChI is InChI=1S/C23H18F3N5O3/c1-13(32)28-22-30-19(18-10-15-6-2-3-8-17(15)29-18)11-20(31-22)21(33)27-12-14-5-4-7-16(9-14)34-23(24,25)26/h2-11,29H,12H2,1H3,(H,27,33)(H,28,30,31,32). The fourth-order valence-corrected chi connectivity index (χ4v) is 3.25. The molecule has 2 aromatic heterocycles. The van der Waals surface area contributed by atoms with Crippen LogP contribution in [-0.4, -0.2) is 33.1 Å². The molecule has 0 saturated heterocycles. The molecule has 0 aliphatic heterocycles. The lowest BCUT2D eigenvalue weighted by Gasteiger charge is -2.11. The van der Waals surface area contributed by atoms with Crippen molar-refractivity contribution in [3.8, 4) is 17.1 Å². The largest absolute Gasteiger partial charge is 0.573 e. The number of alkyl halides is 3. The van der Waals surface area contributed by atoms with Gasteiger partial charge in [0.2, 0.25) is 11.9 Å². The molecule has 0 atom stereocenters. The SMILES string of the molecule is CC(=O)Nc1nc(C(=O)NCc2cccc(OC(F)(F)F)c2)cc(-c2cc3ccccc3[nH]2)n1. The summed E-state index contributed by atoms with van der Waals surface area (Å²) in [6, 6.07) is 16.1. The van der Waals surface area contributed by atoms with E-state index in [9.17, 15) is 22.8 Å². The van der Waals surface area contributed by atoms with Crippen LogP contribution in [-0.2, 0) is 11.3 Å². The molecule has 0 radical (unpaired) electrons. The predicted molar refractivity (Wildman–Crippen MR) is 118 cm³/mol. The van der Waals surface area contributed by atoms with Gasteiger partial charge in [-0.15, -0.1) is 13.2 Å². The molecule has 3 N–H and O–H groups in total. The van der Waals surface area contributed by atoms with Gasteiger partial charge in [-0.25, -0.2) is 9.97 Å². The molecule has 2 heterocycles. The van der Waals surface area contributed by atoms with Crippen molar-refractivity contribution < 1.29 is 27.5 Å². The van der Waals surface area contributed by atoms with E-state index in [4.69, 9.17) is 0 Å². The number of carbonyl (C=O) groups is 2. The lowest BCUT2D eigenvalue weighted by Crippen LogP contribution is -2.25. The number of amides is 2. The number of nitrogens with zero attached hydrogens (tertiary/aromatic N) is 2. The van der Waals surface area contributed by atoms with Crippen LogP contribution in [0.3, 0.4) is 0 Å². The average Bonchev–Trinajstić information content (AvgIpc) is 3.20. The maximum absolute atomic E-state index is 12.8. The molecule has 34 heavy (non-hydrogen) atoms. The average molecular weight is 469 g/mol. The highest BCUT2D eigenvalue weighted by atomic mass is 19.4. The molecule has 8 nitrogen and oxygen atoms in total. The van der Waals surface area contributed by atoms with Crippen molar-refractivity contribution in [3.05, 3.63) is 71.9 Å². The van der Waals surface area contributed by atoms with Gasteiger partial charge in [0.25, 0.3) is 5.91 Å². The minimum Gasteiger partial charge on any atom is -0.406 e. The molecule has 0 bridgehead atoms. The summed E-state index contributed by atoms with van der Waals surface area (Å²) in [4.78, 5) is 35.9. The highest BCUT2D eigenvalue weighted by molar-refractivity contribution is 5.95. The van der Waals surface area contributed by atoms with Crippen molar-refractivity contribution in [2.24, 2.45) is 0 Å². The van der Waals surface area contributed by atoms with Crippen molar-refractivity contribution in [2.45, 2.75) is 19.8 Å². The van der Waals surface area contributed by atoms with E-state index in [-0.39, 0.29) is 18.2 Å². The zero-order chi connectivity index (χ0) is 24.3. The quantitative estimate of drug-likeness (QED) is 0.388. The molecule has 0 aliphatic carbocycles. The summed E-state index contributed by atoms with van der Waals surface area (Å²) in [5.74, 6) is -1.47. The molecule has 0 fully saturated rings. The van der Waals surface area contributed by atoms with E-state index < -0.39 is 23.9 Å². The van der Waals surface area contributed by atoms with E-state index in [2.05, 4.69) is 30.3 Å². The molecule has 0 saturated carbocycles. The second-order valence-electron chi connectivity index (χ2n) is 7.29. The van der Waals surface area contributed by atoms with Gasteiger partial charge in [0.05, 0.1) is 11.4 Å². The Hall–Kier alpha value is -4.41.